The molecule has 1 unspecified atom stereocenters. The Bertz CT molecular complexity index is 1070. The van der Waals surface area contributed by atoms with Crippen LogP contribution in [-0.4, -0.2) is 19.5 Å². The highest BCUT2D eigenvalue weighted by molar-refractivity contribution is 5.86. The van der Waals surface area contributed by atoms with Gasteiger partial charge in [0, 0.05) is 17.1 Å². The smallest absolute Gasteiger partial charge is 0.154 e. The van der Waals surface area contributed by atoms with Crippen LogP contribution in [0.5, 0.6) is 0 Å². The lowest BCUT2D eigenvalue weighted by atomic mass is 10.0. The van der Waals surface area contributed by atoms with Gasteiger partial charge in [-0.15, -0.1) is 0 Å². The summed E-state index contributed by atoms with van der Waals surface area (Å²) in [7, 11) is 0. The van der Waals surface area contributed by atoms with Crippen molar-refractivity contribution in [3.05, 3.63) is 61.2 Å². The van der Waals surface area contributed by atoms with Crippen LogP contribution in [0.25, 0.3) is 21.9 Å². The summed E-state index contributed by atoms with van der Waals surface area (Å²) < 4.78 is 16.7. The fraction of sp³-hybridized carbons (Fsp3) is 0.0588. The number of nitrogens with two attached hydrogens (primary N) is 2. The molecule has 0 amide bonds. The molecule has 119 valence electrons. The van der Waals surface area contributed by atoms with E-state index in [1.165, 1.54) is 6.33 Å². The van der Waals surface area contributed by atoms with Crippen LogP contribution in [0.3, 0.4) is 0 Å². The van der Waals surface area contributed by atoms with E-state index in [0.29, 0.717) is 27.8 Å². The summed E-state index contributed by atoms with van der Waals surface area (Å²) in [6.07, 6.45) is 3.14. The average molecular weight is 321 g/mol. The number of fused-ring (bicyclic) bond motifs is 2. The number of nitrogen functional groups attached to an aromatic ring is 2. The van der Waals surface area contributed by atoms with Gasteiger partial charge < -0.3 is 16.0 Å². The minimum absolute atomic E-state index is 0.228. The van der Waals surface area contributed by atoms with Crippen molar-refractivity contribution in [3.8, 4) is 0 Å². The standard InChI is InChI=1S/C17H14FN6/c1-9(24-7-6-12-16(20)21-8-22-17(12)24)11-4-2-10-3-5-13(19)23-15(10)14(11)18/h2-9H,1H2,(H2,19,23)(H2,20,21,22). The summed E-state index contributed by atoms with van der Waals surface area (Å²) in [5, 5.41) is 1.39. The molecule has 4 N–H and O–H groups in total. The second kappa shape index (κ2) is 5.16. The summed E-state index contributed by atoms with van der Waals surface area (Å²) in [6.45, 7) is 4.08. The maximum atomic E-state index is 14.9. The summed E-state index contributed by atoms with van der Waals surface area (Å²) in [4.78, 5) is 12.3. The number of hydrogen-bond acceptors (Lipinski definition) is 5. The lowest BCUT2D eigenvalue weighted by molar-refractivity contribution is 0.590. The zero-order chi connectivity index (χ0) is 16.8. The molecule has 4 rings (SSSR count). The zero-order valence-corrected chi connectivity index (χ0v) is 12.6. The van der Waals surface area contributed by atoms with E-state index in [1.807, 2.05) is 0 Å². The summed E-state index contributed by atoms with van der Waals surface area (Å²) in [5.74, 6) is 0.203. The molecule has 4 aromatic rings. The third-order valence-corrected chi connectivity index (χ3v) is 4.09. The number of hydrogen-bond donors (Lipinski definition) is 2. The Morgan fingerprint density at radius 3 is 2.71 bits per heavy atom. The Hall–Kier alpha value is -3.22. The molecule has 0 fully saturated rings. The van der Waals surface area contributed by atoms with Crippen molar-refractivity contribution in [3.63, 3.8) is 0 Å². The molecule has 3 heterocycles. The van der Waals surface area contributed by atoms with E-state index in [4.69, 9.17) is 11.5 Å². The second-order valence-electron chi connectivity index (χ2n) is 5.51. The van der Waals surface area contributed by atoms with E-state index in [2.05, 4.69) is 21.9 Å². The molecule has 0 spiro atoms. The van der Waals surface area contributed by atoms with Crippen LogP contribution in [0, 0.1) is 12.7 Å². The predicted molar refractivity (Wildman–Crippen MR) is 91.5 cm³/mol. The van der Waals surface area contributed by atoms with Gasteiger partial charge in [0.1, 0.15) is 29.1 Å². The molecule has 6 nitrogen and oxygen atoms in total. The van der Waals surface area contributed by atoms with Crippen LogP contribution in [0.1, 0.15) is 11.6 Å². The molecular formula is C17H14FN6. The number of nitrogens with zero attached hydrogens (tertiary/aromatic N) is 4. The lowest BCUT2D eigenvalue weighted by Crippen LogP contribution is -2.09. The molecule has 1 radical (unpaired) electrons. The van der Waals surface area contributed by atoms with Crippen molar-refractivity contribution in [1.82, 2.24) is 19.5 Å². The Morgan fingerprint density at radius 1 is 1.08 bits per heavy atom. The Balaban J connectivity index is 1.90. The van der Waals surface area contributed by atoms with Gasteiger partial charge in [-0.3, -0.25) is 0 Å². The third kappa shape index (κ3) is 2.05. The normalized spacial score (nSPS) is 12.8. The van der Waals surface area contributed by atoms with Gasteiger partial charge in [-0.25, -0.2) is 19.3 Å². The molecule has 0 aliphatic heterocycles. The third-order valence-electron chi connectivity index (χ3n) is 4.09. The largest absolute Gasteiger partial charge is 0.384 e. The first-order chi connectivity index (χ1) is 11.6. The highest BCUT2D eigenvalue weighted by Crippen LogP contribution is 2.29. The molecular weight excluding hydrogens is 307 g/mol. The van der Waals surface area contributed by atoms with Crippen LogP contribution < -0.4 is 11.5 Å². The van der Waals surface area contributed by atoms with Crippen LogP contribution >= 0.6 is 0 Å². The predicted octanol–water partition coefficient (Wildman–Crippen LogP) is 2.71. The average Bonchev–Trinajstić information content (AvgIpc) is 3.01. The summed E-state index contributed by atoms with van der Waals surface area (Å²) in [6, 6.07) is 8.13. The van der Waals surface area contributed by atoms with E-state index in [0.717, 1.165) is 0 Å². The van der Waals surface area contributed by atoms with Crippen LogP contribution in [0.4, 0.5) is 16.0 Å². The first-order valence-corrected chi connectivity index (χ1v) is 7.31. The molecule has 0 aliphatic carbocycles. The van der Waals surface area contributed by atoms with Crippen molar-refractivity contribution in [2.24, 2.45) is 0 Å². The molecule has 0 aliphatic rings. The maximum absolute atomic E-state index is 14.9. The molecule has 24 heavy (non-hydrogen) atoms. The van der Waals surface area contributed by atoms with Crippen LogP contribution in [-0.2, 0) is 0 Å². The van der Waals surface area contributed by atoms with Crippen molar-refractivity contribution in [1.29, 1.82) is 0 Å². The van der Waals surface area contributed by atoms with Crippen molar-refractivity contribution < 1.29 is 4.39 Å². The van der Waals surface area contributed by atoms with E-state index in [-0.39, 0.29) is 11.3 Å². The minimum atomic E-state index is -0.538. The number of anilines is 2. The van der Waals surface area contributed by atoms with Crippen LogP contribution in [0.2, 0.25) is 0 Å². The number of benzene rings is 1. The van der Waals surface area contributed by atoms with Crippen molar-refractivity contribution >= 4 is 33.6 Å². The fourth-order valence-corrected chi connectivity index (χ4v) is 2.83. The molecule has 0 bridgehead atoms. The highest BCUT2D eigenvalue weighted by Gasteiger charge is 2.18. The minimum Gasteiger partial charge on any atom is -0.384 e. The summed E-state index contributed by atoms with van der Waals surface area (Å²) >= 11 is 0. The quantitative estimate of drug-likeness (QED) is 0.592. The second-order valence-corrected chi connectivity index (χ2v) is 5.51. The monoisotopic (exact) mass is 321 g/mol. The van der Waals surface area contributed by atoms with E-state index >= 15 is 0 Å². The van der Waals surface area contributed by atoms with Gasteiger partial charge in [0.05, 0.1) is 11.4 Å². The number of halogens is 1. The SMILES string of the molecule is [CH2]C(c1ccc2ccc(N)nc2c1F)n1ccc2c(N)ncnc21. The highest BCUT2D eigenvalue weighted by atomic mass is 19.1. The van der Waals surface area contributed by atoms with Gasteiger partial charge in [0.2, 0.25) is 0 Å². The number of aromatic nitrogens is 4. The van der Waals surface area contributed by atoms with E-state index in [1.54, 1.807) is 41.1 Å². The molecule has 1 atom stereocenters. The Labute approximate surface area is 137 Å². The van der Waals surface area contributed by atoms with Gasteiger partial charge in [-0.1, -0.05) is 12.1 Å². The fourth-order valence-electron chi connectivity index (χ4n) is 2.83. The maximum Gasteiger partial charge on any atom is 0.154 e. The van der Waals surface area contributed by atoms with Gasteiger partial charge >= 0.3 is 0 Å². The number of rotatable bonds is 2. The molecule has 0 saturated carbocycles. The first-order valence-electron chi connectivity index (χ1n) is 7.31. The first kappa shape index (κ1) is 14.4. The lowest BCUT2D eigenvalue weighted by Gasteiger charge is -2.17. The molecule has 7 heteroatoms. The van der Waals surface area contributed by atoms with Crippen LogP contribution in [0.15, 0.2) is 42.9 Å². The molecule has 0 saturated heterocycles. The van der Waals surface area contributed by atoms with Gasteiger partial charge in [-0.2, -0.15) is 0 Å². The zero-order valence-electron chi connectivity index (χ0n) is 12.6. The van der Waals surface area contributed by atoms with Crippen molar-refractivity contribution in [2.45, 2.75) is 6.04 Å². The Morgan fingerprint density at radius 2 is 1.88 bits per heavy atom. The summed E-state index contributed by atoms with van der Waals surface area (Å²) in [5.41, 5.74) is 12.7. The van der Waals surface area contributed by atoms with Crippen molar-refractivity contribution in [2.75, 3.05) is 11.5 Å². The van der Waals surface area contributed by atoms with Gasteiger partial charge in [-0.05, 0) is 25.1 Å². The topological polar surface area (TPSA) is 95.6 Å². The molecule has 1 aromatic carbocycles. The Kier molecular flexibility index (Phi) is 3.09. The molecule has 3 aromatic heterocycles. The van der Waals surface area contributed by atoms with E-state index < -0.39 is 11.9 Å². The van der Waals surface area contributed by atoms with Gasteiger partial charge in [0.25, 0.3) is 0 Å². The number of pyridine rings is 1. The van der Waals surface area contributed by atoms with Gasteiger partial charge in [0.15, 0.2) is 5.82 Å². The van der Waals surface area contributed by atoms with E-state index in [9.17, 15) is 4.39 Å².